The Morgan fingerprint density at radius 1 is 1.16 bits per heavy atom. The van der Waals surface area contributed by atoms with Crippen molar-refractivity contribution in [2.24, 2.45) is 11.8 Å². The van der Waals surface area contributed by atoms with E-state index in [0.29, 0.717) is 0 Å². The van der Waals surface area contributed by atoms with Gasteiger partial charge >= 0.3 is 0 Å². The van der Waals surface area contributed by atoms with Crippen LogP contribution in [0, 0.1) is 11.8 Å². The number of ether oxygens (including phenoxy) is 1. The van der Waals surface area contributed by atoms with Gasteiger partial charge in [0.2, 0.25) is 0 Å². The highest BCUT2D eigenvalue weighted by atomic mass is 16.5. The highest BCUT2D eigenvalue weighted by molar-refractivity contribution is 4.76. The second kappa shape index (κ2) is 8.23. The molecule has 0 radical (unpaired) electrons. The molecule has 1 heterocycles. The zero-order valence-corrected chi connectivity index (χ0v) is 12.9. The van der Waals surface area contributed by atoms with Crippen molar-refractivity contribution >= 4 is 0 Å². The molecule has 0 aromatic heterocycles. The summed E-state index contributed by atoms with van der Waals surface area (Å²) in [5, 5.41) is 3.75. The van der Waals surface area contributed by atoms with E-state index in [-0.39, 0.29) is 0 Å². The lowest BCUT2D eigenvalue weighted by Gasteiger charge is -2.30. The van der Waals surface area contributed by atoms with Gasteiger partial charge in [0.1, 0.15) is 0 Å². The largest absolute Gasteiger partial charge is 0.381 e. The first-order chi connectivity index (χ1) is 9.24. The van der Waals surface area contributed by atoms with Gasteiger partial charge in [0.15, 0.2) is 0 Å². The molecular weight excluding hydrogens is 236 g/mol. The van der Waals surface area contributed by atoms with Gasteiger partial charge in [-0.15, -0.1) is 0 Å². The summed E-state index contributed by atoms with van der Waals surface area (Å²) < 4.78 is 5.42. The topological polar surface area (TPSA) is 24.5 Å². The molecule has 1 aliphatic carbocycles. The van der Waals surface area contributed by atoms with E-state index >= 15 is 0 Å². The van der Waals surface area contributed by atoms with Gasteiger partial charge in [-0.3, -0.25) is 0 Å². The first-order valence-electron chi connectivity index (χ1n) is 8.23. The van der Waals surface area contributed by atoms with Crippen molar-refractivity contribution in [3.05, 3.63) is 0 Å². The minimum atomic E-state index is 0.778. The number of nitrogens with one attached hydrogen (secondary N) is 1. The van der Waals surface area contributed by atoms with E-state index in [9.17, 15) is 0 Å². The van der Waals surface area contributed by atoms with Crippen LogP contribution < -0.4 is 5.32 Å². The van der Waals surface area contributed by atoms with E-state index in [0.717, 1.165) is 37.6 Å². The number of hydrogen-bond donors (Lipinski definition) is 1. The molecule has 19 heavy (non-hydrogen) atoms. The summed E-state index contributed by atoms with van der Waals surface area (Å²) in [6, 6.07) is 0.778. The van der Waals surface area contributed by atoms with E-state index in [1.54, 1.807) is 0 Å². The quantitative estimate of drug-likeness (QED) is 0.801. The predicted molar refractivity (Wildman–Crippen MR) is 80.5 cm³/mol. The molecule has 2 unspecified atom stereocenters. The van der Waals surface area contributed by atoms with Crippen molar-refractivity contribution in [1.82, 2.24) is 10.2 Å². The number of likely N-dealkylation sites (N-methyl/N-ethyl adjacent to an activating group) is 1. The molecule has 3 nitrogen and oxygen atoms in total. The zero-order valence-electron chi connectivity index (χ0n) is 12.9. The summed E-state index contributed by atoms with van der Waals surface area (Å²) in [6.45, 7) is 7.91. The lowest BCUT2D eigenvalue weighted by atomic mass is 9.87. The molecule has 1 N–H and O–H groups in total. The molecule has 3 heteroatoms. The Kier molecular flexibility index (Phi) is 6.62. The van der Waals surface area contributed by atoms with Gasteiger partial charge in [-0.2, -0.15) is 0 Å². The molecule has 1 aliphatic heterocycles. The van der Waals surface area contributed by atoms with Gasteiger partial charge in [0, 0.05) is 38.9 Å². The Balaban J connectivity index is 1.54. The SMILES string of the molecule is CC1CCCC(NCCN(C)CC2CCOCC2)C1. The fraction of sp³-hybridized carbons (Fsp3) is 1.00. The van der Waals surface area contributed by atoms with Gasteiger partial charge in [0.05, 0.1) is 0 Å². The van der Waals surface area contributed by atoms with E-state index in [4.69, 9.17) is 4.74 Å². The van der Waals surface area contributed by atoms with Crippen molar-refractivity contribution in [3.63, 3.8) is 0 Å². The first kappa shape index (κ1) is 15.3. The van der Waals surface area contributed by atoms with Crippen molar-refractivity contribution in [1.29, 1.82) is 0 Å². The lowest BCUT2D eigenvalue weighted by molar-refractivity contribution is 0.0557. The number of rotatable bonds is 6. The lowest BCUT2D eigenvalue weighted by Crippen LogP contribution is -2.39. The maximum atomic E-state index is 5.42. The minimum absolute atomic E-state index is 0.778. The van der Waals surface area contributed by atoms with Crippen LogP contribution in [0.2, 0.25) is 0 Å². The Labute approximate surface area is 119 Å². The standard InChI is InChI=1S/C16H32N2O/c1-14-4-3-5-16(12-14)17-8-9-18(2)13-15-6-10-19-11-7-15/h14-17H,3-13H2,1-2H3. The van der Waals surface area contributed by atoms with E-state index in [1.807, 2.05) is 0 Å². The summed E-state index contributed by atoms with van der Waals surface area (Å²) >= 11 is 0. The molecule has 0 bridgehead atoms. The van der Waals surface area contributed by atoms with Crippen LogP contribution in [0.15, 0.2) is 0 Å². The monoisotopic (exact) mass is 268 g/mol. The van der Waals surface area contributed by atoms with Crippen LogP contribution in [0.5, 0.6) is 0 Å². The Morgan fingerprint density at radius 2 is 1.95 bits per heavy atom. The Morgan fingerprint density at radius 3 is 2.68 bits per heavy atom. The molecule has 0 spiro atoms. The van der Waals surface area contributed by atoms with Gasteiger partial charge in [-0.25, -0.2) is 0 Å². The van der Waals surface area contributed by atoms with Crippen molar-refractivity contribution < 1.29 is 4.74 Å². The normalized spacial score (nSPS) is 29.8. The molecule has 1 saturated heterocycles. The number of hydrogen-bond acceptors (Lipinski definition) is 3. The second-order valence-corrected chi connectivity index (χ2v) is 6.74. The van der Waals surface area contributed by atoms with Crippen LogP contribution in [0.25, 0.3) is 0 Å². The van der Waals surface area contributed by atoms with Crippen LogP contribution >= 0.6 is 0 Å². The average Bonchev–Trinajstić information content (AvgIpc) is 2.40. The summed E-state index contributed by atoms with van der Waals surface area (Å²) in [7, 11) is 2.26. The zero-order chi connectivity index (χ0) is 13.5. The summed E-state index contributed by atoms with van der Waals surface area (Å²) in [5.74, 6) is 1.78. The maximum Gasteiger partial charge on any atom is 0.0469 e. The van der Waals surface area contributed by atoms with Gasteiger partial charge in [0.25, 0.3) is 0 Å². The van der Waals surface area contributed by atoms with E-state index in [2.05, 4.69) is 24.2 Å². The van der Waals surface area contributed by atoms with Gasteiger partial charge in [-0.05, 0) is 44.6 Å². The van der Waals surface area contributed by atoms with Crippen molar-refractivity contribution in [2.45, 2.75) is 51.5 Å². The van der Waals surface area contributed by atoms with Gasteiger partial charge < -0.3 is 15.0 Å². The second-order valence-electron chi connectivity index (χ2n) is 6.74. The Hall–Kier alpha value is -0.120. The molecular formula is C16H32N2O. The first-order valence-corrected chi connectivity index (χ1v) is 8.23. The molecule has 0 aromatic carbocycles. The third-order valence-electron chi connectivity index (χ3n) is 4.77. The molecule has 2 fully saturated rings. The maximum absolute atomic E-state index is 5.42. The smallest absolute Gasteiger partial charge is 0.0469 e. The molecule has 0 aromatic rings. The molecule has 2 aliphatic rings. The van der Waals surface area contributed by atoms with Crippen LogP contribution in [0.3, 0.4) is 0 Å². The van der Waals surface area contributed by atoms with Crippen molar-refractivity contribution in [3.8, 4) is 0 Å². The van der Waals surface area contributed by atoms with E-state index in [1.165, 1.54) is 51.6 Å². The fourth-order valence-electron chi connectivity index (χ4n) is 3.54. The van der Waals surface area contributed by atoms with Crippen LogP contribution in [0.1, 0.15) is 45.4 Å². The third-order valence-corrected chi connectivity index (χ3v) is 4.77. The van der Waals surface area contributed by atoms with Crippen LogP contribution in [-0.4, -0.2) is 50.8 Å². The highest BCUT2D eigenvalue weighted by Gasteiger charge is 2.19. The summed E-state index contributed by atoms with van der Waals surface area (Å²) in [4.78, 5) is 2.50. The number of nitrogens with zero attached hydrogens (tertiary/aromatic N) is 1. The van der Waals surface area contributed by atoms with Gasteiger partial charge in [-0.1, -0.05) is 19.8 Å². The van der Waals surface area contributed by atoms with E-state index < -0.39 is 0 Å². The fourth-order valence-corrected chi connectivity index (χ4v) is 3.54. The average molecular weight is 268 g/mol. The highest BCUT2D eigenvalue weighted by Crippen LogP contribution is 2.23. The minimum Gasteiger partial charge on any atom is -0.381 e. The molecule has 2 rings (SSSR count). The molecule has 112 valence electrons. The predicted octanol–water partition coefficient (Wildman–Crippen LogP) is 2.51. The molecule has 1 saturated carbocycles. The Bertz CT molecular complexity index is 241. The molecule has 2 atom stereocenters. The van der Waals surface area contributed by atoms with Crippen molar-refractivity contribution in [2.75, 3.05) is 39.9 Å². The summed E-state index contributed by atoms with van der Waals surface area (Å²) in [5.41, 5.74) is 0. The van der Waals surface area contributed by atoms with Crippen LogP contribution in [-0.2, 0) is 4.74 Å². The summed E-state index contributed by atoms with van der Waals surface area (Å²) in [6.07, 6.45) is 8.10. The van der Waals surface area contributed by atoms with Crippen LogP contribution in [0.4, 0.5) is 0 Å². The third kappa shape index (κ3) is 5.80. The molecule has 0 amide bonds.